The van der Waals surface area contributed by atoms with E-state index in [0.29, 0.717) is 10.5 Å². The molecule has 0 spiro atoms. The smallest absolute Gasteiger partial charge is 0.183 e. The average molecular weight is 323 g/mol. The van der Waals surface area contributed by atoms with Gasteiger partial charge in [-0.1, -0.05) is 23.7 Å². The minimum Gasteiger partial charge on any atom is -0.358 e. The Morgan fingerprint density at radius 2 is 2.33 bits per heavy atom. The summed E-state index contributed by atoms with van der Waals surface area (Å²) in [4.78, 5) is 9.56. The number of quaternary nitrogens is 1. The maximum Gasteiger partial charge on any atom is 0.183 e. The van der Waals surface area contributed by atoms with Crippen molar-refractivity contribution >= 4 is 28.6 Å². The first-order chi connectivity index (χ1) is 10.1. The van der Waals surface area contributed by atoms with Gasteiger partial charge in [0.05, 0.1) is 30.6 Å². The van der Waals surface area contributed by atoms with Crippen molar-refractivity contribution in [3.63, 3.8) is 0 Å². The lowest BCUT2D eigenvalue weighted by Gasteiger charge is -2.38. The van der Waals surface area contributed by atoms with Gasteiger partial charge in [-0.05, 0) is 31.5 Å². The van der Waals surface area contributed by atoms with E-state index < -0.39 is 0 Å². The lowest BCUT2D eigenvalue weighted by Crippen LogP contribution is -3.14. The summed E-state index contributed by atoms with van der Waals surface area (Å²) < 4.78 is 0.649. The molecule has 0 aliphatic carbocycles. The minimum absolute atomic E-state index is 0.555. The van der Waals surface area contributed by atoms with Gasteiger partial charge >= 0.3 is 0 Å². The molecule has 0 radical (unpaired) electrons. The second kappa shape index (κ2) is 6.34. The number of rotatable bonds is 3. The molecule has 0 amide bonds. The molecule has 3 nitrogen and oxygen atoms in total. The highest BCUT2D eigenvalue weighted by Gasteiger charge is 2.27. The van der Waals surface area contributed by atoms with Gasteiger partial charge in [0.2, 0.25) is 0 Å². The van der Waals surface area contributed by atoms with E-state index in [2.05, 4.69) is 48.0 Å². The van der Waals surface area contributed by atoms with E-state index in [0.717, 1.165) is 26.2 Å². The van der Waals surface area contributed by atoms with Crippen LogP contribution in [0.25, 0.3) is 0 Å². The van der Waals surface area contributed by atoms with E-state index in [9.17, 15) is 0 Å². The third kappa shape index (κ3) is 3.57. The molecular formula is C16H21ClN3S+. The highest BCUT2D eigenvalue weighted by atomic mass is 35.5. The van der Waals surface area contributed by atoms with E-state index >= 15 is 0 Å². The molecule has 1 aromatic heterocycles. The first-order valence-corrected chi connectivity index (χ1v) is 8.58. The Balaban J connectivity index is 1.64. The molecule has 1 fully saturated rings. The molecular weight excluding hydrogens is 302 g/mol. The maximum absolute atomic E-state index is 5.91. The van der Waals surface area contributed by atoms with Crippen molar-refractivity contribution in [3.8, 4) is 0 Å². The summed E-state index contributed by atoms with van der Waals surface area (Å²) in [7, 11) is 0. The quantitative estimate of drug-likeness (QED) is 0.936. The number of hydrogen-bond acceptors (Lipinski definition) is 3. The number of thiazole rings is 1. The van der Waals surface area contributed by atoms with E-state index in [4.69, 9.17) is 11.6 Å². The van der Waals surface area contributed by atoms with Gasteiger partial charge in [0.15, 0.2) is 4.47 Å². The number of nitrogens with one attached hydrogen (secondary N) is 1. The zero-order valence-electron chi connectivity index (χ0n) is 12.5. The van der Waals surface area contributed by atoms with E-state index in [-0.39, 0.29) is 0 Å². The zero-order valence-corrected chi connectivity index (χ0v) is 14.0. The van der Waals surface area contributed by atoms with Gasteiger partial charge in [-0.15, -0.1) is 11.3 Å². The summed E-state index contributed by atoms with van der Waals surface area (Å²) in [5.41, 5.74) is 2.68. The Morgan fingerprint density at radius 3 is 3.00 bits per heavy atom. The Kier molecular flexibility index (Phi) is 4.48. The third-order valence-electron chi connectivity index (χ3n) is 4.11. The predicted molar refractivity (Wildman–Crippen MR) is 89.5 cm³/mol. The number of piperazine rings is 1. The second-order valence-corrected chi connectivity index (χ2v) is 7.54. The van der Waals surface area contributed by atoms with Crippen LogP contribution in [0.3, 0.4) is 0 Å². The molecule has 2 heterocycles. The highest BCUT2D eigenvalue weighted by molar-refractivity contribution is 7.15. The standard InChI is InChI=1S/C16H20ClN3S/c1-12-4-3-5-14(8-12)20-7-6-19(10-13(20)2)11-15-9-18-16(17)21-15/h3-5,8-9,13H,6-7,10-11H2,1-2H3/p+1/t13-/m1/s1. The molecule has 1 aliphatic heterocycles. The number of hydrogen-bond donors (Lipinski definition) is 1. The maximum atomic E-state index is 5.91. The van der Waals surface area contributed by atoms with Gasteiger partial charge in [-0.2, -0.15) is 0 Å². The van der Waals surface area contributed by atoms with Crippen molar-refractivity contribution in [2.75, 3.05) is 24.5 Å². The van der Waals surface area contributed by atoms with Crippen molar-refractivity contribution in [1.29, 1.82) is 0 Å². The van der Waals surface area contributed by atoms with Gasteiger partial charge in [-0.3, -0.25) is 0 Å². The minimum atomic E-state index is 0.555. The van der Waals surface area contributed by atoms with Crippen LogP contribution in [0.15, 0.2) is 30.5 Å². The normalized spacial score (nSPS) is 22.5. The van der Waals surface area contributed by atoms with Crippen LogP contribution in [0, 0.1) is 6.92 Å². The molecule has 1 unspecified atom stereocenters. The van der Waals surface area contributed by atoms with Crippen LogP contribution in [0.5, 0.6) is 0 Å². The topological polar surface area (TPSA) is 20.6 Å². The second-order valence-electron chi connectivity index (χ2n) is 5.84. The average Bonchev–Trinajstić information content (AvgIpc) is 2.84. The van der Waals surface area contributed by atoms with Gasteiger partial charge in [0.25, 0.3) is 0 Å². The fraction of sp³-hybridized carbons (Fsp3) is 0.438. The van der Waals surface area contributed by atoms with Crippen molar-refractivity contribution in [2.24, 2.45) is 0 Å². The molecule has 2 aromatic rings. The summed E-state index contributed by atoms with van der Waals surface area (Å²) in [6, 6.07) is 9.36. The highest BCUT2D eigenvalue weighted by Crippen LogP contribution is 2.19. The number of nitrogens with zero attached hydrogens (tertiary/aromatic N) is 2. The molecule has 5 heteroatoms. The first kappa shape index (κ1) is 14.8. The summed E-state index contributed by atoms with van der Waals surface area (Å²) in [5.74, 6) is 0. The molecule has 3 rings (SSSR count). The van der Waals surface area contributed by atoms with Gasteiger partial charge in [0, 0.05) is 11.9 Å². The number of aryl methyl sites for hydroxylation is 1. The summed E-state index contributed by atoms with van der Waals surface area (Å²) in [6.45, 7) is 8.93. The number of anilines is 1. The van der Waals surface area contributed by atoms with Crippen LogP contribution in [0.2, 0.25) is 4.47 Å². The fourth-order valence-corrected chi connectivity index (χ4v) is 4.14. The van der Waals surface area contributed by atoms with Crippen LogP contribution < -0.4 is 9.80 Å². The van der Waals surface area contributed by atoms with Crippen LogP contribution in [-0.4, -0.2) is 30.7 Å². The molecule has 112 valence electrons. The molecule has 1 aromatic carbocycles. The number of benzene rings is 1. The lowest BCUT2D eigenvalue weighted by molar-refractivity contribution is -0.916. The van der Waals surface area contributed by atoms with Gasteiger partial charge in [0.1, 0.15) is 6.54 Å². The summed E-state index contributed by atoms with van der Waals surface area (Å²) in [6.07, 6.45) is 1.91. The third-order valence-corrected chi connectivity index (χ3v) is 5.22. The Hall–Kier alpha value is -1.10. The summed E-state index contributed by atoms with van der Waals surface area (Å²) >= 11 is 7.52. The van der Waals surface area contributed by atoms with Gasteiger partial charge < -0.3 is 9.80 Å². The van der Waals surface area contributed by atoms with E-state index in [1.807, 2.05) is 6.20 Å². The van der Waals surface area contributed by atoms with Crippen molar-refractivity contribution < 1.29 is 4.90 Å². The Morgan fingerprint density at radius 1 is 1.48 bits per heavy atom. The molecule has 1 saturated heterocycles. The zero-order chi connectivity index (χ0) is 14.8. The van der Waals surface area contributed by atoms with Crippen LogP contribution >= 0.6 is 22.9 Å². The van der Waals surface area contributed by atoms with Crippen LogP contribution in [0.4, 0.5) is 5.69 Å². The van der Waals surface area contributed by atoms with Crippen LogP contribution in [0.1, 0.15) is 17.4 Å². The molecule has 21 heavy (non-hydrogen) atoms. The Labute approximate surface area is 135 Å². The predicted octanol–water partition coefficient (Wildman–Crippen LogP) is 2.40. The fourth-order valence-electron chi connectivity index (χ4n) is 3.09. The van der Waals surface area contributed by atoms with Crippen LogP contribution in [-0.2, 0) is 6.54 Å². The van der Waals surface area contributed by atoms with Crippen molar-refractivity contribution in [3.05, 3.63) is 45.4 Å². The lowest BCUT2D eigenvalue weighted by atomic mass is 10.1. The monoisotopic (exact) mass is 322 g/mol. The first-order valence-electron chi connectivity index (χ1n) is 7.39. The van der Waals surface area contributed by atoms with Crippen molar-refractivity contribution in [2.45, 2.75) is 26.4 Å². The van der Waals surface area contributed by atoms with Gasteiger partial charge in [-0.25, -0.2) is 4.98 Å². The molecule has 1 N–H and O–H groups in total. The number of aromatic nitrogens is 1. The Bertz CT molecular complexity index is 613. The largest absolute Gasteiger partial charge is 0.358 e. The molecule has 1 aliphatic rings. The van der Waals surface area contributed by atoms with E-state index in [1.54, 1.807) is 16.2 Å². The SMILES string of the molecule is Cc1cccc(N2CC[NH+](Cc3cnc(Cl)s3)C[C@H]2C)c1. The molecule has 0 saturated carbocycles. The molecule has 2 atom stereocenters. The summed E-state index contributed by atoms with van der Waals surface area (Å²) in [5, 5.41) is 0. The van der Waals surface area contributed by atoms with Crippen molar-refractivity contribution in [1.82, 2.24) is 4.98 Å². The molecule has 0 bridgehead atoms. The van der Waals surface area contributed by atoms with E-state index in [1.165, 1.54) is 16.1 Å². The number of halogens is 1.